The molecule has 0 spiro atoms. The standard InChI is InChI=1S/C32H33N9O5/c1-16-7-8-33-29(34-16)22-11-23(22)31(44)38-27-12-24(35-17(2)36-27)26(46-18(3)42)10-21-14-40-13-20(19-5-6-19)9-25(30(40)37-21)41-15-28(43)39(4)32(41)45/h7-9,12-14,19,22-23,26H,5-6,10-11,15H2,1-4H3,(H,35,36,38,44)/t22-,23-,26?/m0/s1. The molecule has 1 unspecified atom stereocenters. The van der Waals surface area contributed by atoms with Gasteiger partial charge in [-0.25, -0.2) is 29.7 Å². The smallest absolute Gasteiger partial charge is 0.331 e. The average molecular weight is 624 g/mol. The van der Waals surface area contributed by atoms with Crippen molar-refractivity contribution in [3.8, 4) is 0 Å². The first-order chi connectivity index (χ1) is 22.0. The van der Waals surface area contributed by atoms with Gasteiger partial charge in [0.25, 0.3) is 0 Å². The largest absolute Gasteiger partial charge is 0.456 e. The maximum Gasteiger partial charge on any atom is 0.331 e. The number of pyridine rings is 1. The Morgan fingerprint density at radius 3 is 2.59 bits per heavy atom. The van der Waals surface area contributed by atoms with E-state index in [9.17, 15) is 19.2 Å². The van der Waals surface area contributed by atoms with Gasteiger partial charge in [0.05, 0.1) is 17.1 Å². The molecular formula is C32H33N9O5. The molecule has 3 fully saturated rings. The third-order valence-corrected chi connectivity index (χ3v) is 8.54. The Bertz CT molecular complexity index is 1920. The van der Waals surface area contributed by atoms with Crippen molar-refractivity contribution in [3.63, 3.8) is 0 Å². The van der Waals surface area contributed by atoms with E-state index >= 15 is 0 Å². The van der Waals surface area contributed by atoms with Crippen molar-refractivity contribution in [3.05, 3.63) is 71.1 Å². The summed E-state index contributed by atoms with van der Waals surface area (Å²) in [6, 6.07) is 4.96. The van der Waals surface area contributed by atoms with E-state index in [-0.39, 0.29) is 36.6 Å². The molecule has 2 aliphatic carbocycles. The zero-order chi connectivity index (χ0) is 32.3. The van der Waals surface area contributed by atoms with Crippen LogP contribution in [0.1, 0.15) is 78.4 Å². The van der Waals surface area contributed by atoms with Crippen molar-refractivity contribution in [2.45, 2.75) is 64.4 Å². The molecule has 1 aliphatic heterocycles. The first kappa shape index (κ1) is 29.4. The van der Waals surface area contributed by atoms with Crippen molar-refractivity contribution >= 4 is 41.0 Å². The van der Waals surface area contributed by atoms with Crippen LogP contribution in [0.15, 0.2) is 36.8 Å². The molecule has 4 aromatic rings. The number of imidazole rings is 1. The number of rotatable bonds is 9. The van der Waals surface area contributed by atoms with Crippen LogP contribution in [0.4, 0.5) is 16.3 Å². The second-order valence-corrected chi connectivity index (χ2v) is 12.2. The normalized spacial score (nSPS) is 19.9. The zero-order valence-electron chi connectivity index (χ0n) is 25.9. The van der Waals surface area contributed by atoms with E-state index < -0.39 is 18.1 Å². The Hall–Kier alpha value is -5.27. The van der Waals surface area contributed by atoms with Crippen molar-refractivity contribution in [2.75, 3.05) is 23.8 Å². The minimum absolute atomic E-state index is 0.0501. The molecule has 2 saturated carbocycles. The van der Waals surface area contributed by atoms with Gasteiger partial charge < -0.3 is 14.5 Å². The molecule has 1 N–H and O–H groups in total. The summed E-state index contributed by atoms with van der Waals surface area (Å²) >= 11 is 0. The highest BCUT2D eigenvalue weighted by molar-refractivity contribution is 6.13. The molecule has 0 aromatic carbocycles. The number of hydrogen-bond acceptors (Lipinski definition) is 10. The summed E-state index contributed by atoms with van der Waals surface area (Å²) in [5.41, 5.74) is 3.98. The minimum atomic E-state index is -0.832. The molecule has 1 saturated heterocycles. The Morgan fingerprint density at radius 1 is 1.09 bits per heavy atom. The van der Waals surface area contributed by atoms with Gasteiger partial charge in [-0.1, -0.05) is 0 Å². The topological polar surface area (TPSA) is 165 Å². The number of hydrogen-bond donors (Lipinski definition) is 1. The monoisotopic (exact) mass is 623 g/mol. The Kier molecular flexibility index (Phi) is 7.21. The lowest BCUT2D eigenvalue weighted by Gasteiger charge is -2.17. The van der Waals surface area contributed by atoms with Gasteiger partial charge in [0.15, 0.2) is 5.65 Å². The van der Waals surface area contributed by atoms with Crippen LogP contribution in [0.2, 0.25) is 0 Å². The number of carbonyl (C=O) groups is 4. The lowest BCUT2D eigenvalue weighted by atomic mass is 10.1. The summed E-state index contributed by atoms with van der Waals surface area (Å²) in [4.78, 5) is 75.7. The summed E-state index contributed by atoms with van der Waals surface area (Å²) < 4.78 is 7.58. The summed E-state index contributed by atoms with van der Waals surface area (Å²) in [7, 11) is 1.47. The Labute approximate surface area is 264 Å². The maximum absolute atomic E-state index is 13.1. The van der Waals surface area contributed by atoms with Crippen LogP contribution in [-0.2, 0) is 25.5 Å². The van der Waals surface area contributed by atoms with Gasteiger partial charge in [-0.05, 0) is 56.7 Å². The van der Waals surface area contributed by atoms with E-state index in [2.05, 4.69) is 25.3 Å². The van der Waals surface area contributed by atoms with Gasteiger partial charge in [-0.2, -0.15) is 0 Å². The molecule has 236 valence electrons. The summed E-state index contributed by atoms with van der Waals surface area (Å²) in [5.74, 6) is 0.438. The van der Waals surface area contributed by atoms with Crippen LogP contribution in [0, 0.1) is 19.8 Å². The van der Waals surface area contributed by atoms with E-state index in [1.807, 2.05) is 35.9 Å². The summed E-state index contributed by atoms with van der Waals surface area (Å²) in [6.07, 6.45) is 7.63. The highest BCUT2D eigenvalue weighted by atomic mass is 16.5. The minimum Gasteiger partial charge on any atom is -0.456 e. The second kappa shape index (κ2) is 11.3. The number of nitrogens with zero attached hydrogens (tertiary/aromatic N) is 8. The van der Waals surface area contributed by atoms with Gasteiger partial charge in [-0.15, -0.1) is 0 Å². The third kappa shape index (κ3) is 5.77. The molecule has 3 aliphatic rings. The van der Waals surface area contributed by atoms with E-state index in [1.54, 1.807) is 19.2 Å². The van der Waals surface area contributed by atoms with Crippen LogP contribution in [0.3, 0.4) is 0 Å². The van der Waals surface area contributed by atoms with Crippen LogP contribution < -0.4 is 10.2 Å². The summed E-state index contributed by atoms with van der Waals surface area (Å²) in [5, 5.41) is 2.89. The van der Waals surface area contributed by atoms with E-state index in [1.165, 1.54) is 18.9 Å². The molecule has 0 radical (unpaired) electrons. The van der Waals surface area contributed by atoms with Gasteiger partial charge in [0.2, 0.25) is 11.8 Å². The Balaban J connectivity index is 1.15. The number of urea groups is 1. The quantitative estimate of drug-likeness (QED) is 0.216. The highest BCUT2D eigenvalue weighted by Crippen LogP contribution is 2.46. The lowest BCUT2D eigenvalue weighted by molar-refractivity contribution is -0.147. The number of aromatic nitrogens is 6. The van der Waals surface area contributed by atoms with Gasteiger partial charge in [-0.3, -0.25) is 24.2 Å². The fourth-order valence-electron chi connectivity index (χ4n) is 5.93. The summed E-state index contributed by atoms with van der Waals surface area (Å²) in [6.45, 7) is 4.85. The Morgan fingerprint density at radius 2 is 1.89 bits per heavy atom. The average Bonchev–Trinajstić information content (AvgIpc) is 3.93. The molecular weight excluding hydrogens is 590 g/mol. The van der Waals surface area contributed by atoms with Crippen molar-refractivity contribution < 1.29 is 23.9 Å². The highest BCUT2D eigenvalue weighted by Gasteiger charge is 2.46. The van der Waals surface area contributed by atoms with Crippen molar-refractivity contribution in [1.29, 1.82) is 0 Å². The molecule has 14 nitrogen and oxygen atoms in total. The maximum atomic E-state index is 13.1. The lowest BCUT2D eigenvalue weighted by Crippen LogP contribution is -2.30. The van der Waals surface area contributed by atoms with Gasteiger partial charge in [0.1, 0.15) is 30.1 Å². The van der Waals surface area contributed by atoms with E-state index in [0.29, 0.717) is 52.5 Å². The predicted octanol–water partition coefficient (Wildman–Crippen LogP) is 3.40. The molecule has 4 aromatic heterocycles. The number of anilines is 2. The predicted molar refractivity (Wildman–Crippen MR) is 164 cm³/mol. The number of fused-ring (bicyclic) bond motifs is 1. The van der Waals surface area contributed by atoms with E-state index in [0.717, 1.165) is 29.0 Å². The number of esters is 1. The fraction of sp³-hybridized carbons (Fsp3) is 0.406. The molecule has 4 amide bonds. The number of amides is 4. The molecule has 5 heterocycles. The molecule has 14 heteroatoms. The van der Waals surface area contributed by atoms with Gasteiger partial charge >= 0.3 is 12.0 Å². The number of likely N-dealkylation sites (N-methyl/N-ethyl adjacent to an activating group) is 1. The van der Waals surface area contributed by atoms with Crippen molar-refractivity contribution in [2.24, 2.45) is 5.92 Å². The number of aryl methyl sites for hydroxylation is 2. The van der Waals surface area contributed by atoms with Crippen LogP contribution in [0.5, 0.6) is 0 Å². The molecule has 3 atom stereocenters. The van der Waals surface area contributed by atoms with E-state index in [4.69, 9.17) is 9.72 Å². The molecule has 46 heavy (non-hydrogen) atoms. The number of carbonyl (C=O) groups excluding carboxylic acids is 4. The third-order valence-electron chi connectivity index (χ3n) is 8.54. The molecule has 0 bridgehead atoms. The van der Waals surface area contributed by atoms with Gasteiger partial charge in [0, 0.05) is 62.6 Å². The fourth-order valence-corrected chi connectivity index (χ4v) is 5.93. The first-order valence-corrected chi connectivity index (χ1v) is 15.3. The molecule has 7 rings (SSSR count). The zero-order valence-corrected chi connectivity index (χ0v) is 25.9. The van der Waals surface area contributed by atoms with Crippen LogP contribution in [0.25, 0.3) is 5.65 Å². The van der Waals surface area contributed by atoms with Crippen LogP contribution >= 0.6 is 0 Å². The first-order valence-electron chi connectivity index (χ1n) is 15.3. The second-order valence-electron chi connectivity index (χ2n) is 12.2. The number of nitrogens with one attached hydrogen (secondary N) is 1. The van der Waals surface area contributed by atoms with Crippen LogP contribution in [-0.4, -0.2) is 71.6 Å². The SMILES string of the molecule is CC(=O)OC(Cc1cn2cc(C3CC3)cc(N3CC(=O)N(C)C3=O)c2n1)c1cc(NC(=O)[C@H]2C[C@@H]2c2nccc(C)n2)nc(C)n1. The number of imide groups is 1. The van der Waals surface area contributed by atoms with Crippen molar-refractivity contribution in [1.82, 2.24) is 34.2 Å². The number of ether oxygens (including phenoxy) is 1.